The Balaban J connectivity index is 1.48. The Morgan fingerprint density at radius 3 is 2.55 bits per heavy atom. The number of sulfonamides is 1. The van der Waals surface area contributed by atoms with Crippen molar-refractivity contribution in [3.8, 4) is 11.8 Å². The van der Waals surface area contributed by atoms with Crippen LogP contribution in [0.3, 0.4) is 0 Å². The molecule has 0 saturated carbocycles. The molecule has 4 rings (SSSR count). The van der Waals surface area contributed by atoms with Crippen LogP contribution in [0.1, 0.15) is 31.1 Å². The van der Waals surface area contributed by atoms with Gasteiger partial charge in [0.25, 0.3) is 0 Å². The van der Waals surface area contributed by atoms with Crippen molar-refractivity contribution >= 4 is 32.4 Å². The smallest absolute Gasteiger partial charge is 0.238 e. The van der Waals surface area contributed by atoms with Gasteiger partial charge in [0.05, 0.1) is 17.1 Å². The quantitative estimate of drug-likeness (QED) is 0.480. The predicted octanol–water partition coefficient (Wildman–Crippen LogP) is 3.61. The number of nitrogens with two attached hydrogens (primary N) is 1. The normalized spacial score (nSPS) is 15.2. The molecule has 0 amide bonds. The van der Waals surface area contributed by atoms with Gasteiger partial charge in [-0.2, -0.15) is 0 Å². The molecule has 2 aromatic carbocycles. The summed E-state index contributed by atoms with van der Waals surface area (Å²) in [5.74, 6) is 6.97. The Bertz CT molecular complexity index is 1280. The minimum absolute atomic E-state index is 0.0821. The highest BCUT2D eigenvalue weighted by atomic mass is 32.2. The average molecular weight is 467 g/mol. The number of piperidine rings is 1. The van der Waals surface area contributed by atoms with E-state index < -0.39 is 10.0 Å². The van der Waals surface area contributed by atoms with Crippen molar-refractivity contribution in [2.45, 2.75) is 37.1 Å². The van der Waals surface area contributed by atoms with Crippen LogP contribution >= 0.6 is 0 Å². The van der Waals surface area contributed by atoms with Gasteiger partial charge < -0.3 is 20.0 Å². The first-order chi connectivity index (χ1) is 15.8. The van der Waals surface area contributed by atoms with E-state index in [1.807, 2.05) is 0 Å². The summed E-state index contributed by atoms with van der Waals surface area (Å²) in [5, 5.41) is 13.1. The third kappa shape index (κ3) is 5.50. The number of nitrogens with one attached hydrogen (secondary N) is 2. The summed E-state index contributed by atoms with van der Waals surface area (Å²) in [6.07, 6.45) is 3.06. The summed E-state index contributed by atoms with van der Waals surface area (Å²) >= 11 is 0. The number of anilines is 2. The van der Waals surface area contributed by atoms with Gasteiger partial charge in [-0.05, 0) is 75.7 Å². The number of para-hydroxylation sites is 1. The van der Waals surface area contributed by atoms with Crippen LogP contribution in [0.4, 0.5) is 11.4 Å². The van der Waals surface area contributed by atoms with Crippen molar-refractivity contribution in [2.75, 3.05) is 37.3 Å². The summed E-state index contributed by atoms with van der Waals surface area (Å²) in [6.45, 7) is 4.70. The van der Waals surface area contributed by atoms with Crippen molar-refractivity contribution in [3.63, 3.8) is 0 Å². The van der Waals surface area contributed by atoms with Gasteiger partial charge in [-0.25, -0.2) is 13.6 Å². The Labute approximate surface area is 195 Å². The lowest BCUT2D eigenvalue weighted by Gasteiger charge is -2.30. The third-order valence-corrected chi connectivity index (χ3v) is 6.95. The number of hydrogen-bond acceptors (Lipinski definition) is 6. The number of likely N-dealkylation sites (tertiary alicyclic amines) is 1. The zero-order valence-corrected chi connectivity index (χ0v) is 19.8. The van der Waals surface area contributed by atoms with Gasteiger partial charge in [0, 0.05) is 22.7 Å². The zero-order valence-electron chi connectivity index (χ0n) is 19.0. The van der Waals surface area contributed by atoms with Crippen LogP contribution in [0.2, 0.25) is 0 Å². The topological polar surface area (TPSA) is 101 Å². The van der Waals surface area contributed by atoms with Gasteiger partial charge in [-0.15, -0.1) is 0 Å². The van der Waals surface area contributed by atoms with E-state index in [1.54, 1.807) is 12.1 Å². The van der Waals surface area contributed by atoms with E-state index in [0.29, 0.717) is 18.3 Å². The Hall–Kier alpha value is -2.99. The highest BCUT2D eigenvalue weighted by Gasteiger charge is 2.19. The monoisotopic (exact) mass is 466 g/mol. The highest BCUT2D eigenvalue weighted by molar-refractivity contribution is 7.89. The summed E-state index contributed by atoms with van der Waals surface area (Å²) in [7, 11) is -1.53. The fourth-order valence-corrected chi connectivity index (χ4v) is 4.66. The SMILES string of the molecule is CCc1c(C#CCNc2ccc(S(N)(=O)=O)cc2)oc2c(NC3CCN(C)CC3)cccc12. The molecular formula is C25H30N4O3S. The van der Waals surface area contributed by atoms with Crippen LogP contribution in [0.5, 0.6) is 0 Å². The molecule has 0 atom stereocenters. The fraction of sp³-hybridized carbons (Fsp3) is 0.360. The van der Waals surface area contributed by atoms with Crippen LogP contribution < -0.4 is 15.8 Å². The predicted molar refractivity (Wildman–Crippen MR) is 133 cm³/mol. The molecule has 174 valence electrons. The first-order valence-corrected chi connectivity index (χ1v) is 12.7. The van der Waals surface area contributed by atoms with E-state index in [4.69, 9.17) is 9.56 Å². The van der Waals surface area contributed by atoms with Gasteiger partial charge >= 0.3 is 0 Å². The second-order valence-corrected chi connectivity index (χ2v) is 9.95. The summed E-state index contributed by atoms with van der Waals surface area (Å²) < 4.78 is 29.0. The molecule has 0 aliphatic carbocycles. The molecule has 2 heterocycles. The molecule has 1 fully saturated rings. The Kier molecular flexibility index (Phi) is 6.94. The van der Waals surface area contributed by atoms with Crippen molar-refractivity contribution < 1.29 is 12.8 Å². The van der Waals surface area contributed by atoms with Crippen molar-refractivity contribution in [3.05, 3.63) is 53.8 Å². The molecule has 4 N–H and O–H groups in total. The second-order valence-electron chi connectivity index (χ2n) is 8.39. The van der Waals surface area contributed by atoms with Crippen molar-refractivity contribution in [1.29, 1.82) is 0 Å². The molecule has 1 aromatic heterocycles. The molecule has 0 radical (unpaired) electrons. The maximum absolute atomic E-state index is 11.4. The number of primary sulfonamides is 1. The van der Waals surface area contributed by atoms with Crippen molar-refractivity contribution in [2.24, 2.45) is 5.14 Å². The summed E-state index contributed by atoms with van der Waals surface area (Å²) in [5.41, 5.74) is 3.77. The van der Waals surface area contributed by atoms with E-state index >= 15 is 0 Å². The lowest BCUT2D eigenvalue weighted by Crippen LogP contribution is -2.36. The van der Waals surface area contributed by atoms with Crippen molar-refractivity contribution in [1.82, 2.24) is 4.90 Å². The van der Waals surface area contributed by atoms with E-state index in [2.05, 4.69) is 59.5 Å². The van der Waals surface area contributed by atoms with E-state index in [-0.39, 0.29) is 4.90 Å². The number of benzene rings is 2. The molecule has 1 aliphatic rings. The van der Waals surface area contributed by atoms with E-state index in [1.165, 1.54) is 12.1 Å². The molecule has 0 spiro atoms. The van der Waals surface area contributed by atoms with Crippen LogP contribution in [0, 0.1) is 11.8 Å². The number of nitrogens with zero attached hydrogens (tertiary/aromatic N) is 1. The van der Waals surface area contributed by atoms with Gasteiger partial charge in [-0.3, -0.25) is 0 Å². The molecular weight excluding hydrogens is 436 g/mol. The van der Waals surface area contributed by atoms with Crippen LogP contribution in [0.15, 0.2) is 51.8 Å². The Morgan fingerprint density at radius 2 is 1.88 bits per heavy atom. The third-order valence-electron chi connectivity index (χ3n) is 6.02. The first-order valence-electron chi connectivity index (χ1n) is 11.2. The van der Waals surface area contributed by atoms with Crippen LogP contribution in [-0.2, 0) is 16.4 Å². The standard InChI is InChI=1S/C25H30N4O3S/c1-3-21-22-6-4-7-23(28-19-13-16-29(2)17-14-19)25(22)32-24(21)8-5-15-27-18-9-11-20(12-10-18)33(26,30)31/h4,6-7,9-12,19,27-28H,3,13-17H2,1-2H3,(H2,26,30,31). The van der Waals surface area contributed by atoms with E-state index in [9.17, 15) is 8.42 Å². The highest BCUT2D eigenvalue weighted by Crippen LogP contribution is 2.32. The summed E-state index contributed by atoms with van der Waals surface area (Å²) in [4.78, 5) is 2.44. The molecule has 3 aromatic rings. The number of rotatable bonds is 6. The minimum Gasteiger partial charge on any atom is -0.445 e. The number of fused-ring (bicyclic) bond motifs is 1. The molecule has 7 nitrogen and oxygen atoms in total. The lowest BCUT2D eigenvalue weighted by atomic mass is 10.0. The molecule has 0 bridgehead atoms. The average Bonchev–Trinajstić information content (AvgIpc) is 3.16. The minimum atomic E-state index is -3.69. The maximum Gasteiger partial charge on any atom is 0.238 e. The van der Waals surface area contributed by atoms with E-state index in [0.717, 1.165) is 60.3 Å². The van der Waals surface area contributed by atoms with Gasteiger partial charge in [0.15, 0.2) is 11.3 Å². The molecule has 0 unspecified atom stereocenters. The van der Waals surface area contributed by atoms with Gasteiger partial charge in [-0.1, -0.05) is 25.0 Å². The van der Waals surface area contributed by atoms with Crippen LogP contribution in [-0.4, -0.2) is 46.0 Å². The first kappa shape index (κ1) is 23.2. The lowest BCUT2D eigenvalue weighted by molar-refractivity contribution is 0.264. The van der Waals surface area contributed by atoms with Crippen LogP contribution in [0.25, 0.3) is 11.0 Å². The molecule has 33 heavy (non-hydrogen) atoms. The number of hydrogen-bond donors (Lipinski definition) is 3. The summed E-state index contributed by atoms with van der Waals surface area (Å²) in [6, 6.07) is 13.0. The van der Waals surface area contributed by atoms with Gasteiger partial charge in [0.2, 0.25) is 10.0 Å². The number of aryl methyl sites for hydroxylation is 1. The van der Waals surface area contributed by atoms with Gasteiger partial charge in [0.1, 0.15) is 0 Å². The fourth-order valence-electron chi connectivity index (χ4n) is 4.14. The second kappa shape index (κ2) is 9.87. The molecule has 8 heteroatoms. The zero-order chi connectivity index (χ0) is 23.4. The number of furan rings is 1. The largest absolute Gasteiger partial charge is 0.445 e. The molecule has 1 saturated heterocycles. The maximum atomic E-state index is 11.4. The Morgan fingerprint density at radius 1 is 1.15 bits per heavy atom. The molecule has 1 aliphatic heterocycles.